The molecule has 0 saturated carbocycles. The third-order valence-electron chi connectivity index (χ3n) is 14.4. The van der Waals surface area contributed by atoms with E-state index in [9.17, 15) is 10.2 Å². The van der Waals surface area contributed by atoms with E-state index in [1.54, 1.807) is 24.6 Å². The molecule has 0 unspecified atom stereocenters. The van der Waals surface area contributed by atoms with Gasteiger partial charge in [-0.1, -0.05) is 216 Å². The van der Waals surface area contributed by atoms with Crippen molar-refractivity contribution >= 4 is 177 Å². The average molecular weight is 1260 g/mol. The van der Waals surface area contributed by atoms with Gasteiger partial charge >= 0.3 is 17.4 Å². The fourth-order valence-electron chi connectivity index (χ4n) is 10.5. The van der Waals surface area contributed by atoms with Crippen molar-refractivity contribution in [3.05, 3.63) is 260 Å². The van der Waals surface area contributed by atoms with E-state index in [2.05, 4.69) is 172 Å². The van der Waals surface area contributed by atoms with Gasteiger partial charge in [0.2, 0.25) is 0 Å². The Morgan fingerprint density at radius 3 is 1.00 bits per heavy atom. The van der Waals surface area contributed by atoms with E-state index in [1.807, 2.05) is 48.5 Å². The molecule has 12 rings (SSSR count). The van der Waals surface area contributed by atoms with Gasteiger partial charge in [0.25, 0.3) is 0 Å². The number of aryl methyl sites for hydroxylation is 4. The molecule has 0 radical (unpaired) electrons. The number of halogens is 6. The molecule has 12 aromatic carbocycles. The number of fused-ring (bicyclic) bond motifs is 4. The molecular weight excluding hydrogens is 1210 g/mol. The van der Waals surface area contributed by atoms with Crippen LogP contribution in [0, 0.1) is 27.7 Å². The number of aliphatic imine (C=N–C) groups is 2. The number of hydrogen-bond donors (Lipinski definition) is 2. The summed E-state index contributed by atoms with van der Waals surface area (Å²) in [5.74, 6) is -0.612. The van der Waals surface area contributed by atoms with Gasteiger partial charge in [-0.05, 0) is 153 Å². The molecule has 426 valence electrons. The molecule has 0 aliphatic heterocycles. The molecule has 7 nitrogen and oxygen atoms in total. The Bertz CT molecular complexity index is 4170. The molecule has 86 heavy (non-hydrogen) atoms. The van der Waals surface area contributed by atoms with Crippen LogP contribution in [0.1, 0.15) is 33.4 Å². The summed E-state index contributed by atoms with van der Waals surface area (Å²) < 4.78 is 0. The molecule has 0 atom stereocenters. The Morgan fingerprint density at radius 2 is 0.674 bits per heavy atom. The minimum absolute atomic E-state index is 0. The summed E-state index contributed by atoms with van der Waals surface area (Å²) in [6.07, 6.45) is 3.11. The van der Waals surface area contributed by atoms with Crippen molar-refractivity contribution in [3.8, 4) is 33.8 Å². The molecule has 2 N–H and O–H groups in total. The Kier molecular flexibility index (Phi) is 22.3. The van der Waals surface area contributed by atoms with Gasteiger partial charge in [0.15, 0.2) is 0 Å². The zero-order chi connectivity index (χ0) is 60.3. The Morgan fingerprint density at radius 1 is 0.384 bits per heavy atom. The summed E-state index contributed by atoms with van der Waals surface area (Å²) in [5, 5.41) is 51.0. The predicted molar refractivity (Wildman–Crippen MR) is 367 cm³/mol. The molecule has 0 bridgehead atoms. The number of anilines is 4. The van der Waals surface area contributed by atoms with E-state index in [4.69, 9.17) is 84.7 Å². The van der Waals surface area contributed by atoms with Crippen LogP contribution in [0.5, 0.6) is 11.5 Å². The number of alkyl halides is 2. The van der Waals surface area contributed by atoms with Crippen LogP contribution in [0.4, 0.5) is 34.1 Å². The zero-order valence-electron chi connectivity index (χ0n) is 47.5. The first kappa shape index (κ1) is 64.5. The third-order valence-corrected chi connectivity index (χ3v) is 15.4. The maximum absolute atomic E-state index is 12.7. The van der Waals surface area contributed by atoms with Crippen LogP contribution in [-0.4, -0.2) is 42.2 Å². The topological polar surface area (TPSA) is 118 Å². The second-order valence-corrected chi connectivity index (χ2v) is 22.3. The van der Waals surface area contributed by atoms with Crippen molar-refractivity contribution in [2.75, 3.05) is 23.1 Å². The minimum atomic E-state index is -0.306. The van der Waals surface area contributed by atoms with E-state index >= 15 is 0 Å². The molecule has 0 aliphatic carbocycles. The zero-order valence-corrected chi connectivity index (χ0v) is 53.1. The van der Waals surface area contributed by atoms with Crippen LogP contribution in [-0.2, 0) is 0 Å². The second kappa shape index (κ2) is 29.7. The first-order chi connectivity index (χ1) is 41.2. The summed E-state index contributed by atoms with van der Waals surface area (Å²) in [4.78, 5) is 9.73. The van der Waals surface area contributed by atoms with Crippen molar-refractivity contribution in [1.29, 1.82) is 0 Å². The monoisotopic (exact) mass is 1260 g/mol. The van der Waals surface area contributed by atoms with E-state index < -0.39 is 0 Å². The smallest absolute Gasteiger partial charge is 0.871 e. The number of para-hydroxylation sites is 2. The van der Waals surface area contributed by atoms with Gasteiger partial charge in [0.05, 0.1) is 16.7 Å². The predicted octanol–water partition coefficient (Wildman–Crippen LogP) is 20.3. The molecule has 14 heteroatoms. The van der Waals surface area contributed by atoms with Gasteiger partial charge in [-0.3, -0.25) is 9.98 Å². The third kappa shape index (κ3) is 14.3. The van der Waals surface area contributed by atoms with E-state index in [1.165, 1.54) is 12.1 Å². The number of nitrogens with zero attached hydrogens (tertiary/aromatic N) is 2. The Hall–Kier alpha value is -7.55. The molecule has 0 heterocycles. The maximum Gasteiger partial charge on any atom is 3.00 e. The molecule has 0 aromatic heterocycles. The standard InChI is InChI=1S/2C35H26Cl2N2O.CH2Cl2.CH3O.Al/c2*1-21-8-7-9-22(2)34(21)39-31-17-15-24-11-4-6-13-28(24)33(31)32-27-12-5-3-10-23(27)14-16-30(32)38-20-25-18-26(36)19-29(37)35(25)40;2-1-3;1-2;/h2*3-20,39-40H,1-2H3;1H2;1H3;/q;;;-1;+3/p-2. The Balaban J connectivity index is 0.000000206. The van der Waals surface area contributed by atoms with Gasteiger partial charge in [0.1, 0.15) is 0 Å². The van der Waals surface area contributed by atoms with Crippen molar-refractivity contribution in [1.82, 2.24) is 0 Å². The summed E-state index contributed by atoms with van der Waals surface area (Å²) in [7, 11) is 0.750. The molecule has 0 aliphatic rings. The van der Waals surface area contributed by atoms with Crippen LogP contribution in [0.15, 0.2) is 216 Å². The van der Waals surface area contributed by atoms with Gasteiger partial charge in [-0.25, -0.2) is 0 Å². The van der Waals surface area contributed by atoms with Gasteiger partial charge < -0.3 is 26.0 Å². The first-order valence-electron chi connectivity index (χ1n) is 26.9. The van der Waals surface area contributed by atoms with E-state index in [-0.39, 0.29) is 44.2 Å². The number of benzene rings is 12. The minimum Gasteiger partial charge on any atom is -0.871 e. The normalized spacial score (nSPS) is 11.0. The fraction of sp³-hybridized carbons (Fsp3) is 0.0833. The first-order valence-corrected chi connectivity index (χ1v) is 29.5. The maximum atomic E-state index is 12.7. The summed E-state index contributed by atoms with van der Waals surface area (Å²) in [6.45, 7) is 8.45. The summed E-state index contributed by atoms with van der Waals surface area (Å²) in [5.41, 5.74) is 14.9. The Labute approximate surface area is 541 Å². The van der Waals surface area contributed by atoms with Gasteiger partial charge in [-0.2, -0.15) is 7.11 Å². The molecular formula is C72H55AlCl6N4O3. The second-order valence-electron chi connectivity index (χ2n) is 19.8. The van der Waals surface area contributed by atoms with Crippen LogP contribution in [0.2, 0.25) is 20.1 Å². The molecule has 12 aromatic rings. The number of hydrogen-bond acceptors (Lipinski definition) is 7. The number of rotatable bonds is 10. The van der Waals surface area contributed by atoms with Crippen molar-refractivity contribution < 1.29 is 15.3 Å². The van der Waals surface area contributed by atoms with Gasteiger partial charge in [0, 0.05) is 77.5 Å². The molecule has 0 amide bonds. The number of nitrogens with one attached hydrogen (secondary N) is 2. The van der Waals surface area contributed by atoms with Crippen molar-refractivity contribution in [2.45, 2.75) is 27.7 Å². The van der Waals surface area contributed by atoms with Gasteiger partial charge in [-0.15, -0.1) is 23.2 Å². The quantitative estimate of drug-likeness (QED) is 0.0803. The van der Waals surface area contributed by atoms with Crippen LogP contribution < -0.4 is 26.0 Å². The summed E-state index contributed by atoms with van der Waals surface area (Å²) >= 11 is 34.2. The van der Waals surface area contributed by atoms with Crippen molar-refractivity contribution in [3.63, 3.8) is 0 Å². The average Bonchev–Trinajstić information content (AvgIpc) is 1.09. The fourth-order valence-corrected chi connectivity index (χ4v) is 11.5. The summed E-state index contributed by atoms with van der Waals surface area (Å²) in [6, 6.07) is 68.6. The molecule has 0 fully saturated rings. The SMILES string of the molecule is C[O-].Cc1cccc(C)c1Nc1ccc2ccccc2c1-c1c(N=Cc2cc(Cl)cc(Cl)c2[O-])ccc2ccccc12.Cc1cccc(C)c1Nc1ccc2ccccc2c1-c1c(N=Cc2cc(Cl)cc(Cl)c2[O-])ccc2ccccc12.ClCCl.[Al+3]. The van der Waals surface area contributed by atoms with Crippen molar-refractivity contribution in [2.24, 2.45) is 9.98 Å². The molecule has 0 spiro atoms. The molecule has 0 saturated heterocycles. The van der Waals surface area contributed by atoms with E-state index in [0.717, 1.165) is 129 Å². The largest absolute Gasteiger partial charge is 3.00 e. The van der Waals surface area contributed by atoms with E-state index in [0.29, 0.717) is 21.2 Å². The van der Waals surface area contributed by atoms with Crippen LogP contribution >= 0.6 is 69.6 Å². The van der Waals surface area contributed by atoms with Crippen LogP contribution in [0.25, 0.3) is 65.3 Å². The van der Waals surface area contributed by atoms with Crippen LogP contribution in [0.3, 0.4) is 0 Å².